The van der Waals surface area contributed by atoms with E-state index in [1.54, 1.807) is 0 Å². The largest absolute Gasteiger partial charge is 1.00 e. The monoisotopic (exact) mass is 423 g/mol. The van der Waals surface area contributed by atoms with E-state index in [4.69, 9.17) is 0 Å². The molecule has 2 nitrogen and oxygen atoms in total. The van der Waals surface area contributed by atoms with Gasteiger partial charge in [-0.05, 0) is 40.3 Å². The lowest BCUT2D eigenvalue weighted by molar-refractivity contribution is -0.00000448. The fraction of sp³-hybridized carbons (Fsp3) is 0.333. The van der Waals surface area contributed by atoms with Gasteiger partial charge in [-0.1, -0.05) is 36.4 Å². The van der Waals surface area contributed by atoms with Gasteiger partial charge in [-0.3, -0.25) is 0 Å². The van der Waals surface area contributed by atoms with Crippen LogP contribution in [-0.4, -0.2) is 47.5 Å². The van der Waals surface area contributed by atoms with Gasteiger partial charge in [-0.15, -0.1) is 0 Å². The summed E-state index contributed by atoms with van der Waals surface area (Å²) in [6.07, 6.45) is 0. The molecule has 4 heteroatoms. The molecule has 2 aromatic carbocycles. The Kier molecular flexibility index (Phi) is 8.31. The lowest BCUT2D eigenvalue weighted by atomic mass is 10.1. The van der Waals surface area contributed by atoms with Gasteiger partial charge in [0.25, 0.3) is 0 Å². The van der Waals surface area contributed by atoms with E-state index in [1.807, 2.05) is 0 Å². The van der Waals surface area contributed by atoms with Crippen molar-refractivity contribution < 1.29 is 24.0 Å². The molecule has 0 heterocycles. The highest BCUT2D eigenvalue weighted by atomic mass is 127. The molecular weight excluding hydrogens is 399 g/mol. The van der Waals surface area contributed by atoms with Gasteiger partial charge >= 0.3 is 9.52 Å². The summed E-state index contributed by atoms with van der Waals surface area (Å²) in [5.74, 6) is 0. The summed E-state index contributed by atoms with van der Waals surface area (Å²) in [5, 5.41) is 2.91. The quantitative estimate of drug-likeness (QED) is 0.411. The first-order chi connectivity index (χ1) is 10.1. The van der Waals surface area contributed by atoms with Crippen molar-refractivity contribution in [1.82, 2.24) is 9.80 Å². The molecule has 0 saturated heterocycles. The van der Waals surface area contributed by atoms with E-state index in [2.05, 4.69) is 86.5 Å². The van der Waals surface area contributed by atoms with Gasteiger partial charge in [0, 0.05) is 24.2 Å². The Balaban J connectivity index is 0.00000242. The molecule has 0 spiro atoms. The summed E-state index contributed by atoms with van der Waals surface area (Å²) in [6, 6.07) is 17.5. The van der Waals surface area contributed by atoms with E-state index in [1.165, 1.54) is 21.5 Å². The van der Waals surface area contributed by atoms with E-state index in [0.717, 1.165) is 22.6 Å². The van der Waals surface area contributed by atoms with Crippen LogP contribution in [0.2, 0.25) is 0 Å². The molecular formula is C18H24IN2Si. The van der Waals surface area contributed by atoms with Gasteiger partial charge in [-0.2, -0.15) is 0 Å². The van der Waals surface area contributed by atoms with Crippen molar-refractivity contribution in [2.75, 3.05) is 28.2 Å². The van der Waals surface area contributed by atoms with E-state index in [9.17, 15) is 0 Å². The third kappa shape index (κ3) is 5.83. The third-order valence-corrected chi connectivity index (χ3v) is 4.77. The third-order valence-electron chi connectivity index (χ3n) is 3.25. The molecule has 117 valence electrons. The minimum atomic E-state index is 0. The summed E-state index contributed by atoms with van der Waals surface area (Å²) in [6.45, 7) is 1.99. The zero-order valence-corrected chi connectivity index (χ0v) is 17.0. The molecule has 2 rings (SSSR count). The maximum atomic E-state index is 2.27. The fourth-order valence-electron chi connectivity index (χ4n) is 2.42. The highest BCUT2D eigenvalue weighted by Gasteiger charge is 2.26. The van der Waals surface area contributed by atoms with E-state index >= 15 is 0 Å². The summed E-state index contributed by atoms with van der Waals surface area (Å²) < 4.78 is 0. The van der Waals surface area contributed by atoms with Gasteiger partial charge in [0.05, 0.1) is 0 Å². The normalized spacial score (nSPS) is 10.6. The average Bonchev–Trinajstić information content (AvgIpc) is 2.42. The van der Waals surface area contributed by atoms with Crippen LogP contribution in [0.25, 0.3) is 0 Å². The van der Waals surface area contributed by atoms with E-state index in [0.29, 0.717) is 0 Å². The lowest BCUT2D eigenvalue weighted by Crippen LogP contribution is -3.00. The van der Waals surface area contributed by atoms with Crippen molar-refractivity contribution in [3.8, 4) is 0 Å². The fourth-order valence-corrected chi connectivity index (χ4v) is 3.72. The van der Waals surface area contributed by atoms with Crippen LogP contribution in [0.15, 0.2) is 48.5 Å². The van der Waals surface area contributed by atoms with Crippen molar-refractivity contribution in [1.29, 1.82) is 0 Å². The van der Waals surface area contributed by atoms with E-state index < -0.39 is 0 Å². The lowest BCUT2D eigenvalue weighted by Gasteiger charge is -2.14. The molecule has 0 aliphatic rings. The number of halogens is 1. The number of hydrogen-bond acceptors (Lipinski definition) is 2. The molecule has 0 unspecified atom stereocenters. The molecule has 1 radical (unpaired) electrons. The van der Waals surface area contributed by atoms with Crippen LogP contribution >= 0.6 is 0 Å². The van der Waals surface area contributed by atoms with Crippen molar-refractivity contribution in [2.45, 2.75) is 13.1 Å². The minimum Gasteiger partial charge on any atom is -1.00 e. The Morgan fingerprint density at radius 2 is 1.23 bits per heavy atom. The molecule has 0 bridgehead atoms. The number of hydrogen-bond donors (Lipinski definition) is 0. The zero-order valence-electron chi connectivity index (χ0n) is 13.8. The predicted molar refractivity (Wildman–Crippen MR) is 92.7 cm³/mol. The molecule has 0 fully saturated rings. The molecule has 2 aromatic rings. The summed E-state index contributed by atoms with van der Waals surface area (Å²) >= 11 is 0. The van der Waals surface area contributed by atoms with E-state index in [-0.39, 0.29) is 24.0 Å². The standard InChI is InChI=1S/C18H24N2Si.HI/c1-19(2)13-15-9-8-10-16(14-20(3)4)18(15)21-17-11-6-5-7-12-17;/h5-12H,13-14H2,1-4H3;1H/q+1;/p-1. The van der Waals surface area contributed by atoms with Crippen molar-refractivity contribution in [2.24, 2.45) is 0 Å². The number of nitrogens with zero attached hydrogens (tertiary/aromatic N) is 2. The molecule has 0 aliphatic carbocycles. The average molecular weight is 423 g/mol. The molecule has 22 heavy (non-hydrogen) atoms. The number of benzene rings is 2. The molecule has 0 saturated carbocycles. The zero-order chi connectivity index (χ0) is 15.2. The van der Waals surface area contributed by atoms with Crippen LogP contribution < -0.4 is 34.4 Å². The summed E-state index contributed by atoms with van der Waals surface area (Å²) in [4.78, 5) is 4.49. The Bertz CT molecular complexity index is 542. The van der Waals surface area contributed by atoms with Gasteiger partial charge in [0.15, 0.2) is 0 Å². The highest BCUT2D eigenvalue weighted by Crippen LogP contribution is 2.06. The summed E-state index contributed by atoms with van der Waals surface area (Å²) in [7, 11) is 9.25. The van der Waals surface area contributed by atoms with Crippen LogP contribution in [0.5, 0.6) is 0 Å². The van der Waals surface area contributed by atoms with Gasteiger partial charge in [0.2, 0.25) is 0 Å². The van der Waals surface area contributed by atoms with Crippen molar-refractivity contribution in [3.63, 3.8) is 0 Å². The topological polar surface area (TPSA) is 6.48 Å². The molecule has 0 aliphatic heterocycles. The first-order valence-corrected chi connectivity index (χ1v) is 8.28. The minimum absolute atomic E-state index is 0. The van der Waals surface area contributed by atoms with Crippen LogP contribution in [0.4, 0.5) is 0 Å². The first-order valence-electron chi connectivity index (χ1n) is 7.28. The second kappa shape index (κ2) is 9.45. The Labute approximate surface area is 154 Å². The van der Waals surface area contributed by atoms with Gasteiger partial charge in [-0.25, -0.2) is 0 Å². The Hall–Kier alpha value is -0.693. The van der Waals surface area contributed by atoms with Crippen LogP contribution in [0, 0.1) is 0 Å². The van der Waals surface area contributed by atoms with Crippen LogP contribution in [-0.2, 0) is 13.1 Å². The second-order valence-electron chi connectivity index (χ2n) is 5.92. The molecule has 0 amide bonds. The van der Waals surface area contributed by atoms with Crippen LogP contribution in [0.3, 0.4) is 0 Å². The van der Waals surface area contributed by atoms with Crippen molar-refractivity contribution >= 4 is 19.9 Å². The molecule has 0 atom stereocenters. The first kappa shape index (κ1) is 19.4. The van der Waals surface area contributed by atoms with Gasteiger partial charge < -0.3 is 33.8 Å². The van der Waals surface area contributed by atoms with Gasteiger partial charge in [0.1, 0.15) is 10.4 Å². The number of rotatable bonds is 6. The van der Waals surface area contributed by atoms with Crippen LogP contribution in [0.1, 0.15) is 11.1 Å². The Morgan fingerprint density at radius 3 is 1.68 bits per heavy atom. The highest BCUT2D eigenvalue weighted by molar-refractivity contribution is 6.68. The smallest absolute Gasteiger partial charge is 0.568 e. The maximum Gasteiger partial charge on any atom is 0.568 e. The molecule has 0 aromatic heterocycles. The maximum absolute atomic E-state index is 2.27. The summed E-state index contributed by atoms with van der Waals surface area (Å²) in [5.41, 5.74) is 2.89. The van der Waals surface area contributed by atoms with Crippen molar-refractivity contribution in [3.05, 3.63) is 59.7 Å². The second-order valence-corrected chi connectivity index (χ2v) is 7.25. The SMILES string of the molecule is CN(C)Cc1cccc(CN(C)C)c1[Si+]c1ccccc1.[I-]. The molecule has 0 N–H and O–H groups in total. The predicted octanol–water partition coefficient (Wildman–Crippen LogP) is -1.53. The Morgan fingerprint density at radius 1 is 0.727 bits per heavy atom.